The summed E-state index contributed by atoms with van der Waals surface area (Å²) in [5, 5.41) is 13.8. The molecule has 0 atom stereocenters. The Labute approximate surface area is 99.1 Å². The van der Waals surface area contributed by atoms with Gasteiger partial charge in [-0.3, -0.25) is 4.79 Å². The molecule has 1 aliphatic carbocycles. The Balaban J connectivity index is 1.93. The summed E-state index contributed by atoms with van der Waals surface area (Å²) in [6, 6.07) is 4.19. The van der Waals surface area contributed by atoms with Gasteiger partial charge in [0.25, 0.3) is 0 Å². The van der Waals surface area contributed by atoms with Gasteiger partial charge in [0.05, 0.1) is 12.6 Å². The van der Waals surface area contributed by atoms with Crippen LogP contribution in [0.4, 0.5) is 0 Å². The van der Waals surface area contributed by atoms with E-state index in [0.29, 0.717) is 19.4 Å². The molecule has 4 heteroatoms. The predicted molar refractivity (Wildman–Crippen MR) is 62.8 cm³/mol. The molecule has 1 amide bonds. The lowest BCUT2D eigenvalue weighted by Gasteiger charge is -2.07. The highest BCUT2D eigenvalue weighted by atomic mass is 32.1. The average molecular weight is 234 g/mol. The van der Waals surface area contributed by atoms with Crippen molar-refractivity contribution in [1.29, 1.82) is 5.26 Å². The van der Waals surface area contributed by atoms with Crippen molar-refractivity contribution < 1.29 is 4.79 Å². The summed E-state index contributed by atoms with van der Waals surface area (Å²) in [5.74, 6) is -0.106. The molecule has 0 saturated heterocycles. The highest BCUT2D eigenvalue weighted by Crippen LogP contribution is 2.45. The maximum absolute atomic E-state index is 11.7. The molecule has 1 fully saturated rings. The Kier molecular flexibility index (Phi) is 2.97. The number of nitrogens with zero attached hydrogens (tertiary/aromatic N) is 1. The number of hydrogen-bond donors (Lipinski definition) is 1. The molecule has 0 radical (unpaired) electrons. The van der Waals surface area contributed by atoms with Crippen LogP contribution in [-0.2, 0) is 17.8 Å². The number of aryl methyl sites for hydroxylation is 1. The van der Waals surface area contributed by atoms with Crippen LogP contribution in [0, 0.1) is 16.7 Å². The van der Waals surface area contributed by atoms with Crippen LogP contribution in [0.2, 0.25) is 0 Å². The largest absolute Gasteiger partial charge is 0.350 e. The van der Waals surface area contributed by atoms with Gasteiger partial charge in [-0.25, -0.2) is 0 Å². The predicted octanol–water partition coefficient (Wildman–Crippen LogP) is 2.23. The summed E-state index contributed by atoms with van der Waals surface area (Å²) in [6.07, 6.45) is 2.40. The molecule has 1 aromatic rings. The summed E-state index contributed by atoms with van der Waals surface area (Å²) < 4.78 is 0. The molecule has 1 aliphatic rings. The molecule has 2 rings (SSSR count). The summed E-state index contributed by atoms with van der Waals surface area (Å²) in [6.45, 7) is 2.66. The molecular weight excluding hydrogens is 220 g/mol. The zero-order valence-corrected chi connectivity index (χ0v) is 10.1. The first kappa shape index (κ1) is 11.2. The first-order valence-electron chi connectivity index (χ1n) is 5.46. The molecule has 0 aromatic carbocycles. The fourth-order valence-electron chi connectivity index (χ4n) is 1.68. The van der Waals surface area contributed by atoms with E-state index >= 15 is 0 Å². The van der Waals surface area contributed by atoms with Crippen LogP contribution < -0.4 is 5.32 Å². The summed E-state index contributed by atoms with van der Waals surface area (Å²) >= 11 is 1.66. The number of carbonyl (C=O) groups is 1. The number of hydrogen-bond acceptors (Lipinski definition) is 3. The van der Waals surface area contributed by atoms with E-state index < -0.39 is 5.41 Å². The number of nitrogens with one attached hydrogen (secondary N) is 1. The SMILES string of the molecule is CCc1ccsc1CNC(=O)C1(C#N)CC1. The smallest absolute Gasteiger partial charge is 0.240 e. The molecule has 0 bridgehead atoms. The van der Waals surface area contributed by atoms with E-state index in [1.165, 1.54) is 10.4 Å². The second-order valence-corrected chi connectivity index (χ2v) is 5.10. The van der Waals surface area contributed by atoms with Crippen molar-refractivity contribution >= 4 is 17.2 Å². The second kappa shape index (κ2) is 4.26. The Morgan fingerprint density at radius 1 is 1.69 bits per heavy atom. The molecule has 1 N–H and O–H groups in total. The van der Waals surface area contributed by atoms with E-state index in [-0.39, 0.29) is 5.91 Å². The molecular formula is C12H14N2OS. The summed E-state index contributed by atoms with van der Waals surface area (Å²) in [5.41, 5.74) is 0.580. The van der Waals surface area contributed by atoms with Crippen molar-refractivity contribution in [1.82, 2.24) is 5.32 Å². The maximum Gasteiger partial charge on any atom is 0.240 e. The van der Waals surface area contributed by atoms with Crippen molar-refractivity contribution in [3.8, 4) is 6.07 Å². The fraction of sp³-hybridized carbons (Fsp3) is 0.500. The first-order chi connectivity index (χ1) is 7.72. The van der Waals surface area contributed by atoms with Gasteiger partial charge in [0.15, 0.2) is 0 Å². The van der Waals surface area contributed by atoms with Gasteiger partial charge in [-0.15, -0.1) is 11.3 Å². The second-order valence-electron chi connectivity index (χ2n) is 4.10. The van der Waals surface area contributed by atoms with Gasteiger partial charge >= 0.3 is 0 Å². The van der Waals surface area contributed by atoms with E-state index in [0.717, 1.165) is 6.42 Å². The highest BCUT2D eigenvalue weighted by molar-refractivity contribution is 7.10. The van der Waals surface area contributed by atoms with E-state index in [1.807, 2.05) is 5.38 Å². The molecule has 0 spiro atoms. The summed E-state index contributed by atoms with van der Waals surface area (Å²) in [4.78, 5) is 12.9. The third kappa shape index (κ3) is 1.96. The summed E-state index contributed by atoms with van der Waals surface area (Å²) in [7, 11) is 0. The minimum absolute atomic E-state index is 0.106. The van der Waals surface area contributed by atoms with Gasteiger partial charge in [0.2, 0.25) is 5.91 Å². The number of rotatable bonds is 4. The van der Waals surface area contributed by atoms with Gasteiger partial charge in [-0.05, 0) is 36.3 Å². The normalized spacial score (nSPS) is 16.5. The minimum atomic E-state index is -0.705. The van der Waals surface area contributed by atoms with E-state index in [9.17, 15) is 4.79 Å². The lowest BCUT2D eigenvalue weighted by atomic mass is 10.1. The van der Waals surface area contributed by atoms with E-state index in [1.54, 1.807) is 11.3 Å². The van der Waals surface area contributed by atoms with Crippen molar-refractivity contribution in [2.75, 3.05) is 0 Å². The third-order valence-corrected chi connectivity index (χ3v) is 3.99. The fourth-order valence-corrected chi connectivity index (χ4v) is 2.60. The number of carbonyl (C=O) groups excluding carboxylic acids is 1. The topological polar surface area (TPSA) is 52.9 Å². The van der Waals surface area contributed by atoms with Crippen LogP contribution in [0.25, 0.3) is 0 Å². The van der Waals surface area contributed by atoms with Crippen LogP contribution in [-0.4, -0.2) is 5.91 Å². The molecule has 1 aromatic heterocycles. The first-order valence-corrected chi connectivity index (χ1v) is 6.34. The zero-order valence-electron chi connectivity index (χ0n) is 9.25. The Hall–Kier alpha value is -1.34. The third-order valence-electron chi connectivity index (χ3n) is 3.03. The monoisotopic (exact) mass is 234 g/mol. The van der Waals surface area contributed by atoms with Gasteiger partial charge in [0.1, 0.15) is 5.41 Å². The Bertz CT molecular complexity index is 440. The van der Waals surface area contributed by atoms with E-state index in [2.05, 4.69) is 24.4 Å². The van der Waals surface area contributed by atoms with Gasteiger partial charge < -0.3 is 5.32 Å². The number of nitriles is 1. The minimum Gasteiger partial charge on any atom is -0.350 e. The number of amides is 1. The van der Waals surface area contributed by atoms with Gasteiger partial charge in [-0.1, -0.05) is 6.92 Å². The molecule has 0 unspecified atom stereocenters. The van der Waals surface area contributed by atoms with Crippen LogP contribution in [0.1, 0.15) is 30.2 Å². The molecule has 84 valence electrons. The van der Waals surface area contributed by atoms with Crippen molar-refractivity contribution in [2.24, 2.45) is 5.41 Å². The van der Waals surface area contributed by atoms with Crippen molar-refractivity contribution in [3.05, 3.63) is 21.9 Å². The molecule has 0 aliphatic heterocycles. The maximum atomic E-state index is 11.7. The van der Waals surface area contributed by atoms with E-state index in [4.69, 9.17) is 5.26 Å². The molecule has 3 nitrogen and oxygen atoms in total. The van der Waals surface area contributed by atoms with Crippen LogP contribution in [0.3, 0.4) is 0 Å². The average Bonchev–Trinajstić information content (AvgIpc) is 2.98. The molecule has 16 heavy (non-hydrogen) atoms. The van der Waals surface area contributed by atoms with Gasteiger partial charge in [0, 0.05) is 4.88 Å². The Morgan fingerprint density at radius 3 is 3.00 bits per heavy atom. The lowest BCUT2D eigenvalue weighted by Crippen LogP contribution is -2.30. The lowest BCUT2D eigenvalue weighted by molar-refractivity contribution is -0.124. The zero-order chi connectivity index (χ0) is 11.6. The standard InChI is InChI=1S/C12H14N2OS/c1-2-9-3-6-16-10(9)7-14-11(15)12(8-13)4-5-12/h3,6H,2,4-5,7H2,1H3,(H,14,15). The quantitative estimate of drug-likeness (QED) is 0.868. The molecule has 1 heterocycles. The van der Waals surface area contributed by atoms with Crippen LogP contribution in [0.5, 0.6) is 0 Å². The molecule has 1 saturated carbocycles. The number of thiophene rings is 1. The Morgan fingerprint density at radius 2 is 2.44 bits per heavy atom. The van der Waals surface area contributed by atoms with Crippen molar-refractivity contribution in [3.63, 3.8) is 0 Å². The highest BCUT2D eigenvalue weighted by Gasteiger charge is 2.50. The van der Waals surface area contributed by atoms with Crippen molar-refractivity contribution in [2.45, 2.75) is 32.7 Å². The van der Waals surface area contributed by atoms with Crippen LogP contribution in [0.15, 0.2) is 11.4 Å². The van der Waals surface area contributed by atoms with Crippen LogP contribution >= 0.6 is 11.3 Å². The van der Waals surface area contributed by atoms with Gasteiger partial charge in [-0.2, -0.15) is 5.26 Å².